The monoisotopic (exact) mass is 192 g/mol. The van der Waals surface area contributed by atoms with Gasteiger partial charge in [0.15, 0.2) is 0 Å². The van der Waals surface area contributed by atoms with Gasteiger partial charge in [0.05, 0.1) is 13.2 Å². The Hall–Kier alpha value is -1.14. The summed E-state index contributed by atoms with van der Waals surface area (Å²) < 4.78 is 4.21. The van der Waals surface area contributed by atoms with Crippen molar-refractivity contribution in [3.63, 3.8) is 0 Å². The van der Waals surface area contributed by atoms with Crippen LogP contribution in [0.3, 0.4) is 0 Å². The lowest BCUT2D eigenvalue weighted by molar-refractivity contribution is -0.111. The molecule has 1 amide bonds. The number of aliphatic hydroxyl groups excluding tert-OH is 1. The first-order valence-electron chi connectivity index (χ1n) is 3.67. The molecule has 78 valence electrons. The summed E-state index contributed by atoms with van der Waals surface area (Å²) in [5.41, 5.74) is 4.50. The highest BCUT2D eigenvalue weighted by Gasteiger charge is 2.15. The number of aldehydes is 1. The maximum atomic E-state index is 10.5. The van der Waals surface area contributed by atoms with Crippen molar-refractivity contribution in [1.82, 2.24) is 5.32 Å². The fourth-order valence-electron chi connectivity index (χ4n) is 0.463. The van der Waals surface area contributed by atoms with Gasteiger partial charge in [0.1, 0.15) is 12.3 Å². The van der Waals surface area contributed by atoms with Crippen molar-refractivity contribution in [3.8, 4) is 0 Å². The first-order chi connectivity index (χ1) is 6.11. The van der Waals surface area contributed by atoms with Crippen molar-refractivity contribution < 1.29 is 19.4 Å². The van der Waals surface area contributed by atoms with E-state index < -0.39 is 18.2 Å². The zero-order valence-corrected chi connectivity index (χ0v) is 7.98. The molecule has 4 N–H and O–H groups in total. The Morgan fingerprint density at radius 1 is 1.62 bits per heavy atom. The number of hydrogen-bond acceptors (Lipinski definition) is 5. The highest BCUT2D eigenvalue weighted by Crippen LogP contribution is 1.88. The minimum absolute atomic E-state index is 0.446. The predicted molar refractivity (Wildman–Crippen MR) is 47.2 cm³/mol. The zero-order valence-electron chi connectivity index (χ0n) is 7.98. The van der Waals surface area contributed by atoms with E-state index in [1.54, 1.807) is 0 Å². The van der Waals surface area contributed by atoms with E-state index in [4.69, 9.17) is 5.11 Å². The van der Waals surface area contributed by atoms with E-state index in [-0.39, 0.29) is 0 Å². The van der Waals surface area contributed by atoms with Gasteiger partial charge in [0, 0.05) is 0 Å². The van der Waals surface area contributed by atoms with Gasteiger partial charge in [-0.1, -0.05) is 0 Å². The van der Waals surface area contributed by atoms with E-state index in [1.807, 2.05) is 0 Å². The van der Waals surface area contributed by atoms with Gasteiger partial charge < -0.3 is 25.7 Å². The summed E-state index contributed by atoms with van der Waals surface area (Å²) in [7, 11) is 2.68. The van der Waals surface area contributed by atoms with Crippen molar-refractivity contribution in [1.29, 1.82) is 0 Å². The van der Waals surface area contributed by atoms with Crippen LogP contribution in [0.4, 0.5) is 4.79 Å². The Morgan fingerprint density at radius 2 is 2.08 bits per heavy atom. The molecule has 2 unspecified atom stereocenters. The summed E-state index contributed by atoms with van der Waals surface area (Å²) in [6.45, 7) is 1.40. The molecular weight excluding hydrogens is 176 g/mol. The molecule has 0 spiro atoms. The average molecular weight is 192 g/mol. The van der Waals surface area contributed by atoms with Crippen molar-refractivity contribution in [3.05, 3.63) is 0 Å². The average Bonchev–Trinajstić information content (AvgIpc) is 2.16. The molecule has 0 bridgehead atoms. The second-order valence-electron chi connectivity index (χ2n) is 2.04. The third-order valence-corrected chi connectivity index (χ3v) is 1.14. The molecule has 0 aliphatic rings. The summed E-state index contributed by atoms with van der Waals surface area (Å²) in [5.74, 6) is 0. The van der Waals surface area contributed by atoms with E-state index in [1.165, 1.54) is 21.1 Å². The smallest absolute Gasteiger partial charge is 0.407 e. The highest BCUT2D eigenvalue weighted by molar-refractivity contribution is 5.73. The van der Waals surface area contributed by atoms with Crippen LogP contribution < -0.4 is 11.1 Å². The van der Waals surface area contributed by atoms with Gasteiger partial charge in [0.25, 0.3) is 0 Å². The fourth-order valence-corrected chi connectivity index (χ4v) is 0.463. The molecule has 0 fully saturated rings. The summed E-state index contributed by atoms with van der Waals surface area (Å²) >= 11 is 0. The molecule has 0 aromatic heterocycles. The molecule has 13 heavy (non-hydrogen) atoms. The van der Waals surface area contributed by atoms with Gasteiger partial charge in [-0.2, -0.15) is 0 Å². The number of amides is 1. The van der Waals surface area contributed by atoms with Gasteiger partial charge in [-0.15, -0.1) is 0 Å². The number of ether oxygens (including phenoxy) is 1. The lowest BCUT2D eigenvalue weighted by atomic mass is 10.2. The zero-order chi connectivity index (χ0) is 10.9. The van der Waals surface area contributed by atoms with Gasteiger partial charge in [0.2, 0.25) is 0 Å². The van der Waals surface area contributed by atoms with Gasteiger partial charge in [-0.3, -0.25) is 0 Å². The number of aliphatic hydroxyl groups is 1. The Balaban J connectivity index is 0. The maximum absolute atomic E-state index is 10.5. The van der Waals surface area contributed by atoms with Crippen molar-refractivity contribution in [2.24, 2.45) is 5.73 Å². The minimum atomic E-state index is -0.911. The van der Waals surface area contributed by atoms with Crippen molar-refractivity contribution >= 4 is 12.4 Å². The van der Waals surface area contributed by atoms with Gasteiger partial charge in [-0.05, 0) is 14.0 Å². The number of nitrogens with one attached hydrogen (secondary N) is 1. The van der Waals surface area contributed by atoms with Crippen LogP contribution in [0.25, 0.3) is 0 Å². The van der Waals surface area contributed by atoms with Gasteiger partial charge in [-0.25, -0.2) is 4.79 Å². The number of alkyl carbamates (subject to hydrolysis) is 1. The quantitative estimate of drug-likeness (QED) is 0.491. The largest absolute Gasteiger partial charge is 0.453 e. The standard InChI is InChI=1S/C6H11NO4.CH5N/c1-4(9)5(3-8)7-6(10)11-2;1-2/h3-5,9H,1-2H3,(H,7,10);2H2,1H3. The second kappa shape index (κ2) is 8.95. The normalized spacial score (nSPS) is 13.0. The molecule has 0 saturated heterocycles. The van der Waals surface area contributed by atoms with E-state index in [0.717, 1.165) is 0 Å². The molecular formula is C7H16N2O4. The van der Waals surface area contributed by atoms with Crippen LogP contribution >= 0.6 is 0 Å². The lowest BCUT2D eigenvalue weighted by Crippen LogP contribution is -2.43. The highest BCUT2D eigenvalue weighted by atomic mass is 16.5. The van der Waals surface area contributed by atoms with Crippen LogP contribution in [0.1, 0.15) is 6.92 Å². The Labute approximate surface area is 77.1 Å². The number of rotatable bonds is 3. The van der Waals surface area contributed by atoms with E-state index >= 15 is 0 Å². The van der Waals surface area contributed by atoms with Crippen LogP contribution in [0, 0.1) is 0 Å². The molecule has 0 aromatic carbocycles. The molecule has 0 aromatic rings. The summed E-state index contributed by atoms with van der Waals surface area (Å²) in [5, 5.41) is 11.0. The van der Waals surface area contributed by atoms with Crippen LogP contribution in [0.5, 0.6) is 0 Å². The van der Waals surface area contributed by atoms with E-state index in [9.17, 15) is 9.59 Å². The third-order valence-electron chi connectivity index (χ3n) is 1.14. The molecule has 0 aliphatic carbocycles. The summed E-state index contributed by atoms with van der Waals surface area (Å²) in [6.07, 6.45) is -1.20. The molecule has 6 heteroatoms. The molecule has 0 aliphatic heterocycles. The predicted octanol–water partition coefficient (Wildman–Crippen LogP) is -1.13. The van der Waals surface area contributed by atoms with E-state index in [0.29, 0.717) is 6.29 Å². The Kier molecular flexibility index (Phi) is 9.91. The first kappa shape index (κ1) is 14.4. The van der Waals surface area contributed by atoms with Gasteiger partial charge >= 0.3 is 6.09 Å². The topological polar surface area (TPSA) is 102 Å². The summed E-state index contributed by atoms with van der Waals surface area (Å²) in [6, 6.07) is -0.901. The molecule has 6 nitrogen and oxygen atoms in total. The Morgan fingerprint density at radius 3 is 2.31 bits per heavy atom. The number of hydrogen-bond donors (Lipinski definition) is 3. The fraction of sp³-hybridized carbons (Fsp3) is 0.714. The molecule has 2 atom stereocenters. The number of carbonyl (C=O) groups is 2. The van der Waals surface area contributed by atoms with Crippen molar-refractivity contribution in [2.75, 3.05) is 14.2 Å². The number of carbonyl (C=O) groups excluding carboxylic acids is 2. The number of methoxy groups -OCH3 is 1. The summed E-state index contributed by atoms with van der Waals surface area (Å²) in [4.78, 5) is 20.6. The molecule has 0 radical (unpaired) electrons. The third kappa shape index (κ3) is 7.23. The van der Waals surface area contributed by atoms with Crippen LogP contribution in [-0.2, 0) is 9.53 Å². The first-order valence-corrected chi connectivity index (χ1v) is 3.67. The van der Waals surface area contributed by atoms with Crippen LogP contribution in [0.15, 0.2) is 0 Å². The molecule has 0 heterocycles. The number of nitrogens with two attached hydrogens (primary N) is 1. The van der Waals surface area contributed by atoms with Crippen molar-refractivity contribution in [2.45, 2.75) is 19.1 Å². The molecule has 0 saturated carbocycles. The lowest BCUT2D eigenvalue weighted by Gasteiger charge is -2.13. The van der Waals surface area contributed by atoms with E-state index in [2.05, 4.69) is 15.8 Å². The molecule has 0 rings (SSSR count). The Bertz CT molecular complexity index is 149. The maximum Gasteiger partial charge on any atom is 0.407 e. The minimum Gasteiger partial charge on any atom is -0.453 e. The van der Waals surface area contributed by atoms with Crippen LogP contribution in [-0.4, -0.2) is 43.8 Å². The van der Waals surface area contributed by atoms with Crippen LogP contribution in [0.2, 0.25) is 0 Å². The SMILES string of the molecule is CN.COC(=O)NC(C=O)C(C)O. The second-order valence-corrected chi connectivity index (χ2v) is 2.04.